The van der Waals surface area contributed by atoms with Crippen LogP contribution in [0.15, 0.2) is 23.1 Å². The minimum absolute atomic E-state index is 0.188. The molecule has 0 bridgehead atoms. The quantitative estimate of drug-likeness (QED) is 0.617. The van der Waals surface area contributed by atoms with Gasteiger partial charge in [0.25, 0.3) is 0 Å². The lowest BCUT2D eigenvalue weighted by molar-refractivity contribution is -0.144. The molecule has 1 aromatic carbocycles. The summed E-state index contributed by atoms with van der Waals surface area (Å²) in [5.41, 5.74) is 1.52. The van der Waals surface area contributed by atoms with Crippen molar-refractivity contribution in [3.63, 3.8) is 0 Å². The fraction of sp³-hybridized carbons (Fsp3) is 0.500. The number of esters is 1. The molecule has 1 aliphatic rings. The van der Waals surface area contributed by atoms with E-state index >= 15 is 0 Å². The average molecular weight is 304 g/mol. The van der Waals surface area contributed by atoms with Gasteiger partial charge in [-0.25, -0.2) is 4.79 Å². The topological polar surface area (TPSA) is 53.3 Å². The van der Waals surface area contributed by atoms with Crippen LogP contribution < -0.4 is 4.90 Å². The lowest BCUT2D eigenvalue weighted by Crippen LogP contribution is -2.37. The van der Waals surface area contributed by atoms with Crippen molar-refractivity contribution in [1.82, 2.24) is 0 Å². The summed E-state index contributed by atoms with van der Waals surface area (Å²) in [6, 6.07) is 7.88. The number of nitrogens with zero attached hydrogens (tertiary/aromatic N) is 2. The highest BCUT2D eigenvalue weighted by Gasteiger charge is 2.33. The minimum Gasteiger partial charge on any atom is -0.464 e. The van der Waals surface area contributed by atoms with Crippen molar-refractivity contribution < 1.29 is 9.53 Å². The van der Waals surface area contributed by atoms with E-state index in [9.17, 15) is 10.1 Å². The molecule has 112 valence electrons. The van der Waals surface area contributed by atoms with Crippen molar-refractivity contribution in [2.75, 3.05) is 23.8 Å². The zero-order valence-electron chi connectivity index (χ0n) is 12.5. The Morgan fingerprint density at radius 1 is 1.52 bits per heavy atom. The lowest BCUT2D eigenvalue weighted by Gasteiger charge is -2.26. The number of hydrogen-bond acceptors (Lipinski definition) is 5. The number of hydrogen-bond donors (Lipinski definition) is 0. The molecule has 1 aliphatic heterocycles. The molecule has 0 aromatic heterocycles. The Morgan fingerprint density at radius 3 is 3.00 bits per heavy atom. The van der Waals surface area contributed by atoms with Crippen molar-refractivity contribution >= 4 is 23.4 Å². The van der Waals surface area contributed by atoms with E-state index in [1.54, 1.807) is 11.8 Å². The minimum atomic E-state index is -0.265. The first-order valence-corrected chi connectivity index (χ1v) is 8.30. The van der Waals surface area contributed by atoms with Gasteiger partial charge in [-0.05, 0) is 37.7 Å². The normalized spacial score (nSPS) is 17.6. The smallest absolute Gasteiger partial charge is 0.328 e. The van der Waals surface area contributed by atoms with E-state index in [0.29, 0.717) is 12.2 Å². The van der Waals surface area contributed by atoms with Crippen LogP contribution in [0.1, 0.15) is 32.3 Å². The summed E-state index contributed by atoms with van der Waals surface area (Å²) in [5, 5.41) is 9.51. The fourth-order valence-corrected chi connectivity index (χ4v) is 3.47. The van der Waals surface area contributed by atoms with Crippen molar-refractivity contribution in [3.05, 3.63) is 23.8 Å². The van der Waals surface area contributed by atoms with E-state index in [-0.39, 0.29) is 12.0 Å². The van der Waals surface area contributed by atoms with Gasteiger partial charge in [0.2, 0.25) is 0 Å². The van der Waals surface area contributed by atoms with Crippen molar-refractivity contribution in [2.45, 2.75) is 37.6 Å². The largest absolute Gasteiger partial charge is 0.464 e. The molecule has 0 amide bonds. The second-order valence-electron chi connectivity index (χ2n) is 4.80. The van der Waals surface area contributed by atoms with E-state index in [4.69, 9.17) is 4.74 Å². The predicted octanol–water partition coefficient (Wildman–Crippen LogP) is 3.20. The third kappa shape index (κ3) is 3.33. The second kappa shape index (κ2) is 7.37. The Labute approximate surface area is 130 Å². The fourth-order valence-electron chi connectivity index (χ4n) is 2.69. The van der Waals surface area contributed by atoms with Crippen LogP contribution in [0, 0.1) is 11.3 Å². The third-order valence-electron chi connectivity index (χ3n) is 3.54. The van der Waals surface area contributed by atoms with Gasteiger partial charge in [-0.15, -0.1) is 11.8 Å². The number of anilines is 1. The number of thioether (sulfide) groups is 1. The molecule has 1 atom stereocenters. The molecule has 4 nitrogen and oxygen atoms in total. The van der Waals surface area contributed by atoms with Crippen molar-refractivity contribution in [2.24, 2.45) is 0 Å². The Hall–Kier alpha value is -1.67. The maximum atomic E-state index is 12.1. The van der Waals surface area contributed by atoms with Gasteiger partial charge in [-0.1, -0.05) is 13.0 Å². The molecule has 2 rings (SSSR count). The predicted molar refractivity (Wildman–Crippen MR) is 84.6 cm³/mol. The van der Waals surface area contributed by atoms with Gasteiger partial charge in [0.05, 0.1) is 17.9 Å². The van der Waals surface area contributed by atoms with Crippen molar-refractivity contribution in [3.8, 4) is 6.07 Å². The van der Waals surface area contributed by atoms with Gasteiger partial charge in [0.1, 0.15) is 12.1 Å². The molecular weight excluding hydrogens is 284 g/mol. The third-order valence-corrected chi connectivity index (χ3v) is 4.48. The average Bonchev–Trinajstić information content (AvgIpc) is 2.97. The van der Waals surface area contributed by atoms with Crippen LogP contribution in [0.2, 0.25) is 0 Å². The Morgan fingerprint density at radius 2 is 2.33 bits per heavy atom. The first-order valence-electron chi connectivity index (χ1n) is 7.32. The highest BCUT2D eigenvalue weighted by molar-refractivity contribution is 7.99. The van der Waals surface area contributed by atoms with E-state index in [2.05, 4.69) is 13.0 Å². The molecule has 0 spiro atoms. The molecule has 0 aliphatic carbocycles. The van der Waals surface area contributed by atoms with Gasteiger partial charge >= 0.3 is 5.97 Å². The number of ether oxygens (including phenoxy) is 1. The zero-order chi connectivity index (χ0) is 15.2. The molecule has 1 heterocycles. The SMILES string of the molecule is CCOC(=O)C1CCCN1c1cccc(SCC)c1C#N. The van der Waals surface area contributed by atoms with Gasteiger partial charge in [0, 0.05) is 11.4 Å². The van der Waals surface area contributed by atoms with E-state index in [0.717, 1.165) is 35.7 Å². The summed E-state index contributed by atoms with van der Waals surface area (Å²) < 4.78 is 5.16. The summed E-state index contributed by atoms with van der Waals surface area (Å²) in [4.78, 5) is 15.1. The van der Waals surface area contributed by atoms with Crippen LogP contribution in [-0.2, 0) is 9.53 Å². The van der Waals surface area contributed by atoms with E-state index in [1.165, 1.54) is 0 Å². The van der Waals surface area contributed by atoms with Crippen molar-refractivity contribution in [1.29, 1.82) is 5.26 Å². The standard InChI is InChI=1S/C16H20N2O2S/c1-3-20-16(19)14-8-6-10-18(14)13-7-5-9-15(21-4-2)12(13)11-17/h5,7,9,14H,3-4,6,8,10H2,1-2H3. The lowest BCUT2D eigenvalue weighted by atomic mass is 10.1. The molecule has 1 unspecified atom stereocenters. The molecule has 0 radical (unpaired) electrons. The Bertz CT molecular complexity index is 554. The summed E-state index contributed by atoms with van der Waals surface area (Å²) in [6.07, 6.45) is 1.73. The monoisotopic (exact) mass is 304 g/mol. The highest BCUT2D eigenvalue weighted by atomic mass is 32.2. The number of carbonyl (C=O) groups is 1. The van der Waals surface area contributed by atoms with Gasteiger partial charge in [-0.2, -0.15) is 5.26 Å². The first kappa shape index (κ1) is 15.7. The number of carbonyl (C=O) groups excluding carboxylic acids is 1. The molecule has 1 aromatic rings. The van der Waals surface area contributed by atoms with Crippen LogP contribution in [0.3, 0.4) is 0 Å². The van der Waals surface area contributed by atoms with Gasteiger partial charge < -0.3 is 9.64 Å². The zero-order valence-corrected chi connectivity index (χ0v) is 13.3. The van der Waals surface area contributed by atoms with Crippen LogP contribution >= 0.6 is 11.8 Å². The number of rotatable bonds is 5. The Balaban J connectivity index is 2.34. The number of benzene rings is 1. The highest BCUT2D eigenvalue weighted by Crippen LogP contribution is 2.34. The van der Waals surface area contributed by atoms with Crippen LogP contribution in [0.5, 0.6) is 0 Å². The summed E-state index contributed by atoms with van der Waals surface area (Å²) in [7, 11) is 0. The summed E-state index contributed by atoms with van der Waals surface area (Å²) in [5.74, 6) is 0.729. The summed E-state index contributed by atoms with van der Waals surface area (Å²) >= 11 is 1.65. The maximum absolute atomic E-state index is 12.1. The molecule has 21 heavy (non-hydrogen) atoms. The maximum Gasteiger partial charge on any atom is 0.328 e. The molecule has 1 saturated heterocycles. The van der Waals surface area contributed by atoms with Gasteiger partial charge in [0.15, 0.2) is 0 Å². The molecule has 1 fully saturated rings. The first-order chi connectivity index (χ1) is 10.2. The van der Waals surface area contributed by atoms with Gasteiger partial charge in [-0.3, -0.25) is 0 Å². The molecule has 5 heteroatoms. The van der Waals surface area contributed by atoms with E-state index in [1.807, 2.05) is 30.0 Å². The van der Waals surface area contributed by atoms with Crippen LogP contribution in [0.25, 0.3) is 0 Å². The number of nitriles is 1. The molecule has 0 saturated carbocycles. The molecule has 0 N–H and O–H groups in total. The van der Waals surface area contributed by atoms with E-state index < -0.39 is 0 Å². The Kier molecular flexibility index (Phi) is 5.51. The van der Waals surface area contributed by atoms with Crippen LogP contribution in [-0.4, -0.2) is 30.9 Å². The molecular formula is C16H20N2O2S. The summed E-state index contributed by atoms with van der Waals surface area (Å²) in [6.45, 7) is 5.06. The van der Waals surface area contributed by atoms with Crippen LogP contribution in [0.4, 0.5) is 5.69 Å². The second-order valence-corrected chi connectivity index (χ2v) is 6.10.